The molecule has 0 unspecified atom stereocenters. The summed E-state index contributed by atoms with van der Waals surface area (Å²) >= 11 is 0. The molecular weight excluding hydrogens is 377 g/mol. The van der Waals surface area contributed by atoms with E-state index in [1.54, 1.807) is 25.3 Å². The number of fused-ring (bicyclic) bond motifs is 1. The van der Waals surface area contributed by atoms with E-state index in [1.165, 1.54) is 0 Å². The van der Waals surface area contributed by atoms with E-state index in [0.717, 1.165) is 21.3 Å². The molecule has 0 aliphatic rings. The number of carbonyl (C=O) groups is 1. The van der Waals surface area contributed by atoms with E-state index in [4.69, 9.17) is 4.74 Å². The number of hydrogen-bond donors (Lipinski definition) is 0. The van der Waals surface area contributed by atoms with Crippen LogP contribution in [0.4, 0.5) is 4.79 Å². The molecule has 7 heteroatoms. The number of hydrogen-bond acceptors (Lipinski definition) is 3. The predicted molar refractivity (Wildman–Crippen MR) is 121 cm³/mol. The molecule has 2 aromatic heterocycles. The van der Waals surface area contributed by atoms with Crippen LogP contribution in [0.5, 0.6) is 0 Å². The lowest BCUT2D eigenvalue weighted by atomic mass is 10.1. The third kappa shape index (κ3) is 3.71. The Hall–Kier alpha value is -3.48. The van der Waals surface area contributed by atoms with E-state index in [0.29, 0.717) is 17.6 Å². The topological polar surface area (TPSA) is 58.2 Å². The standard InChI is InChI=1S/C23H24BN3O3/c1-23(2,3)30-22(29)27-20-18(17-12-13-25(24)15-17)10-7-11-19(20)26(21(27)28)14-16-8-5-4-6-9-16/h4-13,15H,14,24H2,1-3H3. The van der Waals surface area contributed by atoms with Gasteiger partial charge in [0.2, 0.25) is 7.98 Å². The Bertz CT molecular complexity index is 1280. The molecule has 0 aliphatic heterocycles. The molecule has 0 saturated heterocycles. The van der Waals surface area contributed by atoms with Crippen molar-refractivity contribution in [3.63, 3.8) is 0 Å². The van der Waals surface area contributed by atoms with Crippen LogP contribution in [0.2, 0.25) is 0 Å². The van der Waals surface area contributed by atoms with Crippen LogP contribution in [0.1, 0.15) is 26.3 Å². The maximum absolute atomic E-state index is 13.4. The molecule has 0 N–H and O–H groups in total. The number of para-hydroxylation sites is 1. The van der Waals surface area contributed by atoms with Crippen molar-refractivity contribution in [1.82, 2.24) is 13.6 Å². The second kappa shape index (κ2) is 7.41. The van der Waals surface area contributed by atoms with Crippen molar-refractivity contribution in [2.24, 2.45) is 0 Å². The van der Waals surface area contributed by atoms with Gasteiger partial charge >= 0.3 is 11.8 Å². The van der Waals surface area contributed by atoms with Crippen LogP contribution in [-0.2, 0) is 11.3 Å². The van der Waals surface area contributed by atoms with Crippen LogP contribution < -0.4 is 5.69 Å². The van der Waals surface area contributed by atoms with Crippen LogP contribution in [0.15, 0.2) is 71.8 Å². The highest BCUT2D eigenvalue weighted by Crippen LogP contribution is 2.29. The highest BCUT2D eigenvalue weighted by Gasteiger charge is 2.26. The molecule has 2 aromatic carbocycles. The first-order chi connectivity index (χ1) is 14.2. The molecule has 152 valence electrons. The van der Waals surface area contributed by atoms with Gasteiger partial charge in [-0.05, 0) is 50.9 Å². The van der Waals surface area contributed by atoms with Gasteiger partial charge in [-0.2, -0.15) is 4.57 Å². The van der Waals surface area contributed by atoms with E-state index < -0.39 is 17.4 Å². The van der Waals surface area contributed by atoms with Gasteiger partial charge in [0, 0.05) is 11.1 Å². The summed E-state index contributed by atoms with van der Waals surface area (Å²) < 4.78 is 10.3. The zero-order valence-electron chi connectivity index (χ0n) is 17.6. The quantitative estimate of drug-likeness (QED) is 0.494. The summed E-state index contributed by atoms with van der Waals surface area (Å²) in [5.74, 6) is 0. The zero-order chi connectivity index (χ0) is 21.5. The summed E-state index contributed by atoms with van der Waals surface area (Å²) in [6.07, 6.45) is 3.23. The van der Waals surface area contributed by atoms with Gasteiger partial charge in [0.25, 0.3) is 0 Å². The van der Waals surface area contributed by atoms with Crippen molar-refractivity contribution in [2.75, 3.05) is 0 Å². The van der Waals surface area contributed by atoms with Gasteiger partial charge < -0.3 is 9.21 Å². The van der Waals surface area contributed by atoms with Gasteiger partial charge in [0.1, 0.15) is 5.60 Å². The van der Waals surface area contributed by atoms with Gasteiger partial charge in [-0.15, -0.1) is 0 Å². The van der Waals surface area contributed by atoms with Crippen LogP contribution in [0.25, 0.3) is 22.2 Å². The molecule has 0 aliphatic carbocycles. The summed E-state index contributed by atoms with van der Waals surface area (Å²) in [5, 5.41) is 0. The Labute approximate surface area is 175 Å². The predicted octanol–water partition coefficient (Wildman–Crippen LogP) is 3.50. The van der Waals surface area contributed by atoms with Crippen molar-refractivity contribution in [2.45, 2.75) is 32.9 Å². The highest BCUT2D eigenvalue weighted by atomic mass is 16.6. The fourth-order valence-corrected chi connectivity index (χ4v) is 3.59. The highest BCUT2D eigenvalue weighted by molar-refractivity contribution is 6.07. The minimum Gasteiger partial charge on any atom is -0.443 e. The van der Waals surface area contributed by atoms with Crippen LogP contribution in [-0.4, -0.2) is 33.3 Å². The van der Waals surface area contributed by atoms with Crippen molar-refractivity contribution >= 4 is 25.1 Å². The first kappa shape index (κ1) is 19.8. The Morgan fingerprint density at radius 3 is 2.40 bits per heavy atom. The normalized spacial score (nSPS) is 11.7. The molecule has 0 bridgehead atoms. The number of rotatable bonds is 3. The third-order valence-corrected chi connectivity index (χ3v) is 4.85. The molecule has 2 heterocycles. The Kier molecular flexibility index (Phi) is 4.90. The number of ether oxygens (including phenoxy) is 1. The van der Waals surface area contributed by atoms with Gasteiger partial charge in [0.15, 0.2) is 0 Å². The fraction of sp³-hybridized carbons (Fsp3) is 0.217. The molecule has 0 spiro atoms. The average molecular weight is 401 g/mol. The molecule has 6 nitrogen and oxygen atoms in total. The molecule has 0 atom stereocenters. The monoisotopic (exact) mass is 401 g/mol. The molecule has 30 heavy (non-hydrogen) atoms. The Balaban J connectivity index is 1.98. The number of carbonyl (C=O) groups excluding carboxylic acids is 1. The summed E-state index contributed by atoms with van der Waals surface area (Å²) in [6, 6.07) is 17.4. The molecule has 4 rings (SSSR count). The number of imidazole rings is 1. The molecule has 0 radical (unpaired) electrons. The van der Waals surface area contributed by atoms with Crippen LogP contribution in [0, 0.1) is 0 Å². The summed E-state index contributed by atoms with van der Waals surface area (Å²) in [5.41, 5.74) is 2.83. The molecule has 0 amide bonds. The summed E-state index contributed by atoms with van der Waals surface area (Å²) in [4.78, 5) is 26.5. The zero-order valence-corrected chi connectivity index (χ0v) is 17.6. The Morgan fingerprint density at radius 1 is 1.03 bits per heavy atom. The van der Waals surface area contributed by atoms with Crippen molar-refractivity contribution < 1.29 is 9.53 Å². The Morgan fingerprint density at radius 2 is 1.77 bits per heavy atom. The van der Waals surface area contributed by atoms with Crippen molar-refractivity contribution in [1.29, 1.82) is 0 Å². The molecule has 0 fully saturated rings. The van der Waals surface area contributed by atoms with E-state index in [9.17, 15) is 9.59 Å². The summed E-state index contributed by atoms with van der Waals surface area (Å²) in [7, 11) is 1.94. The minimum atomic E-state index is -0.716. The third-order valence-electron chi connectivity index (χ3n) is 4.85. The van der Waals surface area contributed by atoms with Crippen LogP contribution in [0.3, 0.4) is 0 Å². The maximum atomic E-state index is 13.4. The first-order valence-corrected chi connectivity index (χ1v) is 9.88. The van der Waals surface area contributed by atoms with Gasteiger partial charge in [-0.3, -0.25) is 4.57 Å². The van der Waals surface area contributed by atoms with Crippen molar-refractivity contribution in [3.8, 4) is 11.1 Å². The SMILES string of the molecule is Bn1ccc(-c2cccc3c2n(C(=O)OC(C)(C)C)c(=O)n3Cc2ccccc2)c1. The lowest BCUT2D eigenvalue weighted by molar-refractivity contribution is 0.0537. The smallest absolute Gasteiger partial charge is 0.423 e. The van der Waals surface area contributed by atoms with Gasteiger partial charge in [-0.1, -0.05) is 42.5 Å². The molecule has 0 saturated carbocycles. The largest absolute Gasteiger partial charge is 0.443 e. The van der Waals surface area contributed by atoms with Crippen molar-refractivity contribution in [3.05, 3.63) is 83.0 Å². The first-order valence-electron chi connectivity index (χ1n) is 9.88. The number of aromatic nitrogens is 3. The van der Waals surface area contributed by atoms with E-state index >= 15 is 0 Å². The van der Waals surface area contributed by atoms with Gasteiger partial charge in [-0.25, -0.2) is 9.59 Å². The van der Waals surface area contributed by atoms with E-state index in [2.05, 4.69) is 0 Å². The minimum absolute atomic E-state index is 0.365. The second-order valence-corrected chi connectivity index (χ2v) is 8.41. The molecule has 4 aromatic rings. The second-order valence-electron chi connectivity index (χ2n) is 8.41. The lowest BCUT2D eigenvalue weighted by Gasteiger charge is -2.19. The molecular formula is C23H24BN3O3. The van der Waals surface area contributed by atoms with Gasteiger partial charge in [0.05, 0.1) is 17.6 Å². The van der Waals surface area contributed by atoms with E-state index in [1.807, 2.05) is 79.5 Å². The number of benzene rings is 2. The fourth-order valence-electron chi connectivity index (χ4n) is 3.59. The number of nitrogens with zero attached hydrogens (tertiary/aromatic N) is 3. The maximum Gasteiger partial charge on any atom is 0.423 e. The summed E-state index contributed by atoms with van der Waals surface area (Å²) in [6.45, 7) is 5.73. The van der Waals surface area contributed by atoms with Crippen LogP contribution >= 0.6 is 0 Å². The average Bonchev–Trinajstić information content (AvgIpc) is 3.23. The lowest BCUT2D eigenvalue weighted by Crippen LogP contribution is -2.34. The van der Waals surface area contributed by atoms with E-state index in [-0.39, 0.29) is 0 Å².